The van der Waals surface area contributed by atoms with E-state index < -0.39 is 0 Å². The molecule has 12 N–H and O–H groups in total. The van der Waals surface area contributed by atoms with Gasteiger partial charge in [-0.25, -0.2) is 14.8 Å². The van der Waals surface area contributed by atoms with Crippen LogP contribution < -0.4 is 48.8 Å². The highest BCUT2D eigenvalue weighted by atomic mass is 16.5. The number of anilines is 7. The number of carbonyl (C=O) groups excluding carboxylic acids is 2. The van der Waals surface area contributed by atoms with E-state index in [0.29, 0.717) is 52.3 Å². The van der Waals surface area contributed by atoms with E-state index in [2.05, 4.69) is 63.3 Å². The maximum atomic E-state index is 12.4. The molecule has 4 aromatic carbocycles. The summed E-state index contributed by atoms with van der Waals surface area (Å²) in [4.78, 5) is 41.7. The number of rotatable bonds is 10. The number of ether oxygens (including phenoxy) is 2. The Morgan fingerprint density at radius 2 is 1.15 bits per heavy atom. The lowest BCUT2D eigenvalue weighted by atomic mass is 9.98. The molecule has 16 nitrogen and oxygen atoms in total. The second-order valence-electron chi connectivity index (χ2n) is 13.6. The van der Waals surface area contributed by atoms with Gasteiger partial charge in [0.1, 0.15) is 11.5 Å². The molecule has 0 aliphatic carbocycles. The first-order valence-electron chi connectivity index (χ1n) is 18.5. The summed E-state index contributed by atoms with van der Waals surface area (Å²) in [5.74, 6) is 2.88. The maximum Gasteiger partial charge on any atom is 0.323 e. The number of para-hydroxylation sites is 2. The molecular formula is C44H54N12O4. The zero-order valence-electron chi connectivity index (χ0n) is 33.8. The molecule has 0 saturated heterocycles. The van der Waals surface area contributed by atoms with Crippen molar-refractivity contribution in [1.82, 2.24) is 19.9 Å². The molecule has 0 aliphatic rings. The molecule has 0 atom stereocenters. The van der Waals surface area contributed by atoms with Crippen LogP contribution in [-0.4, -0.2) is 38.5 Å². The molecule has 2 heterocycles. The molecule has 6 aromatic rings. The van der Waals surface area contributed by atoms with Gasteiger partial charge in [-0.3, -0.25) is 9.79 Å². The fourth-order valence-electron chi connectivity index (χ4n) is 5.28. The van der Waals surface area contributed by atoms with Crippen molar-refractivity contribution in [3.63, 3.8) is 0 Å². The van der Waals surface area contributed by atoms with Gasteiger partial charge in [-0.2, -0.15) is 9.97 Å². The Balaban J connectivity index is 0.000000267. The van der Waals surface area contributed by atoms with E-state index >= 15 is 0 Å². The average Bonchev–Trinajstić information content (AvgIpc) is 3.19. The maximum absolute atomic E-state index is 12.4. The number of aromatic nitrogens is 4. The van der Waals surface area contributed by atoms with Crippen molar-refractivity contribution in [2.24, 2.45) is 4.99 Å². The van der Waals surface area contributed by atoms with Gasteiger partial charge in [-0.15, -0.1) is 0 Å². The predicted molar refractivity (Wildman–Crippen MR) is 243 cm³/mol. The highest BCUT2D eigenvalue weighted by Gasteiger charge is 2.17. The molecule has 0 spiro atoms. The van der Waals surface area contributed by atoms with Crippen LogP contribution in [-0.2, 0) is 4.79 Å². The molecule has 6 rings (SSSR count). The quantitative estimate of drug-likeness (QED) is 0.0386. The lowest BCUT2D eigenvalue weighted by Gasteiger charge is -2.18. The van der Waals surface area contributed by atoms with Crippen LogP contribution >= 0.6 is 0 Å². The molecule has 2 amide bonds. The van der Waals surface area contributed by atoms with Crippen LogP contribution in [0.4, 0.5) is 51.1 Å². The van der Waals surface area contributed by atoms with Crippen molar-refractivity contribution in [2.45, 2.75) is 60.8 Å². The smallest absolute Gasteiger partial charge is 0.323 e. The zero-order chi connectivity index (χ0) is 43.1. The van der Waals surface area contributed by atoms with Gasteiger partial charge in [0.05, 0.1) is 24.3 Å². The second kappa shape index (κ2) is 22.3. The van der Waals surface area contributed by atoms with Crippen LogP contribution in [0.1, 0.15) is 69.2 Å². The van der Waals surface area contributed by atoms with Crippen molar-refractivity contribution >= 4 is 64.8 Å². The number of nitrogens with two attached hydrogens (primary N) is 5. The Bertz CT molecular complexity index is 2370. The lowest BCUT2D eigenvalue weighted by Crippen LogP contribution is -2.20. The predicted octanol–water partition coefficient (Wildman–Crippen LogP) is 9.18. The van der Waals surface area contributed by atoms with E-state index in [1.165, 1.54) is 18.6 Å². The third-order valence-corrected chi connectivity index (χ3v) is 8.36. The Morgan fingerprint density at radius 1 is 0.667 bits per heavy atom. The van der Waals surface area contributed by atoms with Crippen molar-refractivity contribution in [3.8, 4) is 23.0 Å². The molecule has 0 radical (unpaired) electrons. The van der Waals surface area contributed by atoms with Gasteiger partial charge in [-0.1, -0.05) is 83.7 Å². The largest absolute Gasteiger partial charge is 0.451 e. The number of hydrogen-bond acceptors (Lipinski definition) is 14. The number of carbonyl (C=O) groups is 2. The Kier molecular flexibility index (Phi) is 17.3. The minimum atomic E-state index is -0.349. The standard InChI is InChI=1S/C21H24N6O2.C14H19N5O.C8H7NO.CH4/c1-12(2)15-9-13(3)16(26-21(28)25-14-7-5-4-6-8-14)10-17(15)29-18-11-24-20(23)27-19(18)22;1-7(2)9-4-8(3)10(15)5-11(9)20-12-6-18-14(17)19-13(12)16;10-7-6-9-8-4-2-1-3-5-8;/h4-12H,1-3H3,(H2,25,26,28)(H4,22,23,24,27);4-7H,15H2,1-3H3,(H4,16,17,18,19);1-7H;1H4. The summed E-state index contributed by atoms with van der Waals surface area (Å²) in [6.07, 6.45) is 4.77. The van der Waals surface area contributed by atoms with Gasteiger partial charge in [-0.05, 0) is 72.2 Å². The van der Waals surface area contributed by atoms with Crippen molar-refractivity contribution in [3.05, 3.63) is 120 Å². The van der Waals surface area contributed by atoms with Gasteiger partial charge >= 0.3 is 6.03 Å². The molecular weight excluding hydrogens is 761 g/mol. The number of nitrogens with zero attached hydrogens (tertiary/aromatic N) is 5. The van der Waals surface area contributed by atoms with Crippen LogP contribution in [0.15, 0.2) is 102 Å². The summed E-state index contributed by atoms with van der Waals surface area (Å²) >= 11 is 0. The summed E-state index contributed by atoms with van der Waals surface area (Å²) in [5.41, 5.74) is 35.3. The van der Waals surface area contributed by atoms with Gasteiger partial charge in [0.15, 0.2) is 29.4 Å². The number of aryl methyl sites for hydroxylation is 2. The SMILES string of the molecule is C.Cc1cc(C(C)C)c(Oc2cnc(N)nc2N)cc1N.Cc1cc(C(C)C)c(Oc2cnc(N)nc2N)cc1NC(=O)Nc1ccccc1.O=CC=Nc1ccccc1. The first-order valence-corrected chi connectivity index (χ1v) is 18.5. The molecule has 314 valence electrons. The Morgan fingerprint density at radius 3 is 1.63 bits per heavy atom. The lowest BCUT2D eigenvalue weighted by molar-refractivity contribution is -0.102. The number of benzene rings is 4. The third kappa shape index (κ3) is 13.7. The third-order valence-electron chi connectivity index (χ3n) is 8.36. The molecule has 0 aliphatic heterocycles. The fourth-order valence-corrected chi connectivity index (χ4v) is 5.28. The molecule has 60 heavy (non-hydrogen) atoms. The minimum Gasteiger partial charge on any atom is -0.451 e. The Labute approximate surface area is 350 Å². The summed E-state index contributed by atoms with van der Waals surface area (Å²) < 4.78 is 11.8. The van der Waals surface area contributed by atoms with Gasteiger partial charge in [0.25, 0.3) is 0 Å². The average molecular weight is 815 g/mol. The number of hydrogen-bond donors (Lipinski definition) is 7. The molecule has 2 aromatic heterocycles. The normalized spacial score (nSPS) is 10.4. The van der Waals surface area contributed by atoms with Crippen LogP contribution in [0.3, 0.4) is 0 Å². The van der Waals surface area contributed by atoms with E-state index in [0.717, 1.165) is 27.9 Å². The van der Waals surface area contributed by atoms with Crippen LogP contribution in [0, 0.1) is 13.8 Å². The summed E-state index contributed by atoms with van der Waals surface area (Å²) in [6, 6.07) is 25.7. The Hall–Kier alpha value is -7.75. The van der Waals surface area contributed by atoms with E-state index in [9.17, 15) is 9.59 Å². The fraction of sp³-hybridized carbons (Fsp3) is 0.205. The summed E-state index contributed by atoms with van der Waals surface area (Å²) in [5, 5.41) is 5.66. The number of aliphatic imine (C=N–C) groups is 1. The monoisotopic (exact) mass is 814 g/mol. The number of aldehydes is 1. The molecule has 0 bridgehead atoms. The van der Waals surface area contributed by atoms with Gasteiger partial charge in [0, 0.05) is 29.2 Å². The van der Waals surface area contributed by atoms with Crippen molar-refractivity contribution in [1.29, 1.82) is 0 Å². The van der Waals surface area contributed by atoms with Crippen molar-refractivity contribution in [2.75, 3.05) is 39.3 Å². The molecule has 0 fully saturated rings. The minimum absolute atomic E-state index is 0. The highest BCUT2D eigenvalue weighted by molar-refractivity contribution is 6.13. The molecule has 0 saturated carbocycles. The molecule has 16 heteroatoms. The number of nitrogen functional groups attached to an aromatic ring is 5. The number of amides is 2. The van der Waals surface area contributed by atoms with Crippen LogP contribution in [0.5, 0.6) is 23.0 Å². The second-order valence-corrected chi connectivity index (χ2v) is 13.6. The first-order chi connectivity index (χ1) is 28.1. The first kappa shape index (κ1) is 46.6. The number of urea groups is 1. The highest BCUT2D eigenvalue weighted by Crippen LogP contribution is 2.37. The van der Waals surface area contributed by atoms with Crippen LogP contribution in [0.2, 0.25) is 0 Å². The molecule has 0 unspecified atom stereocenters. The van der Waals surface area contributed by atoms with E-state index in [-0.39, 0.29) is 42.9 Å². The van der Waals surface area contributed by atoms with E-state index in [1.54, 1.807) is 12.1 Å². The van der Waals surface area contributed by atoms with Gasteiger partial charge < -0.3 is 48.8 Å². The van der Waals surface area contributed by atoms with Crippen molar-refractivity contribution < 1.29 is 19.1 Å². The van der Waals surface area contributed by atoms with Gasteiger partial charge in [0.2, 0.25) is 11.9 Å². The summed E-state index contributed by atoms with van der Waals surface area (Å²) in [7, 11) is 0. The van der Waals surface area contributed by atoms with Crippen LogP contribution in [0.25, 0.3) is 0 Å². The summed E-state index contributed by atoms with van der Waals surface area (Å²) in [6.45, 7) is 12.2. The zero-order valence-corrected chi connectivity index (χ0v) is 33.8. The topological polar surface area (TPSA) is 271 Å². The number of nitrogens with one attached hydrogen (secondary N) is 2. The van der Waals surface area contributed by atoms with E-state index in [4.69, 9.17) is 38.1 Å². The van der Waals surface area contributed by atoms with E-state index in [1.807, 2.05) is 86.6 Å².